The largest absolute Gasteiger partial charge is 0.497 e. The average molecular weight is 276 g/mol. The molecule has 0 aliphatic heterocycles. The van der Waals surface area contributed by atoms with Crippen molar-refractivity contribution in [1.82, 2.24) is 4.90 Å². The van der Waals surface area contributed by atoms with E-state index in [4.69, 9.17) is 15.7 Å². The van der Waals surface area contributed by atoms with Crippen LogP contribution in [0.15, 0.2) is 18.2 Å². The van der Waals surface area contributed by atoms with Crippen molar-refractivity contribution in [2.24, 2.45) is 5.92 Å². The lowest BCUT2D eigenvalue weighted by molar-refractivity contribution is -0.117. The summed E-state index contributed by atoms with van der Waals surface area (Å²) in [7, 11) is 3.35. The van der Waals surface area contributed by atoms with Crippen LogP contribution in [0.2, 0.25) is 0 Å². The van der Waals surface area contributed by atoms with Crippen molar-refractivity contribution in [3.63, 3.8) is 0 Å². The molecule has 1 atom stereocenters. The molecule has 0 aromatic heterocycles. The number of likely N-dealkylation sites (N-methyl/N-ethyl adjacent to an activating group) is 1. The number of amides is 1. The van der Waals surface area contributed by atoms with Crippen molar-refractivity contribution in [2.45, 2.75) is 6.92 Å². The molecule has 1 aromatic carbocycles. The number of ether oxygens (including phenoxy) is 1. The minimum Gasteiger partial charge on any atom is -0.497 e. The van der Waals surface area contributed by atoms with Crippen LogP contribution in [0.5, 0.6) is 5.75 Å². The Hall–Kier alpha value is -2.26. The zero-order valence-electron chi connectivity index (χ0n) is 12.0. The molecule has 1 amide bonds. The van der Waals surface area contributed by atoms with Gasteiger partial charge in [0.25, 0.3) is 0 Å². The number of methoxy groups -OCH3 is 1. The fourth-order valence-electron chi connectivity index (χ4n) is 1.79. The van der Waals surface area contributed by atoms with Gasteiger partial charge in [0.2, 0.25) is 5.91 Å². The summed E-state index contributed by atoms with van der Waals surface area (Å²) in [5.74, 6) is 0.355. The highest BCUT2D eigenvalue weighted by atomic mass is 16.5. The van der Waals surface area contributed by atoms with E-state index in [0.29, 0.717) is 23.7 Å². The highest BCUT2D eigenvalue weighted by molar-refractivity contribution is 5.95. The summed E-state index contributed by atoms with van der Waals surface area (Å²) in [6.45, 7) is 2.56. The van der Waals surface area contributed by atoms with E-state index in [1.165, 1.54) is 0 Å². The molecule has 0 aliphatic carbocycles. The number of benzene rings is 1. The van der Waals surface area contributed by atoms with Crippen LogP contribution >= 0.6 is 0 Å². The maximum absolute atomic E-state index is 11.9. The first-order valence-corrected chi connectivity index (χ1v) is 6.27. The number of carbonyl (C=O) groups is 1. The zero-order valence-corrected chi connectivity index (χ0v) is 12.0. The van der Waals surface area contributed by atoms with Gasteiger partial charge in [-0.05, 0) is 26.1 Å². The molecular weight excluding hydrogens is 256 g/mol. The summed E-state index contributed by atoms with van der Waals surface area (Å²) in [5.41, 5.74) is 6.83. The number of nitrogens with zero attached hydrogens (tertiary/aromatic N) is 2. The van der Waals surface area contributed by atoms with Crippen LogP contribution < -0.4 is 15.8 Å². The van der Waals surface area contributed by atoms with Crippen molar-refractivity contribution in [3.8, 4) is 11.8 Å². The number of hydrogen-bond acceptors (Lipinski definition) is 5. The number of nitriles is 1. The second-order valence-corrected chi connectivity index (χ2v) is 4.73. The standard InChI is InChI=1S/C14H20N4O2/c1-10(7-15)8-18(2)9-14(19)17-13-5-4-11(20-3)6-12(13)16/h4-6,10H,8-9,16H2,1-3H3,(H,17,19). The van der Waals surface area contributed by atoms with Crippen molar-refractivity contribution in [2.75, 3.05) is 38.3 Å². The van der Waals surface area contributed by atoms with Crippen LogP contribution in [0.4, 0.5) is 11.4 Å². The Labute approximate surface area is 119 Å². The van der Waals surface area contributed by atoms with Crippen LogP contribution in [-0.2, 0) is 4.79 Å². The SMILES string of the molecule is COc1ccc(NC(=O)CN(C)CC(C)C#N)c(N)c1. The van der Waals surface area contributed by atoms with Crippen LogP contribution in [0.3, 0.4) is 0 Å². The smallest absolute Gasteiger partial charge is 0.238 e. The van der Waals surface area contributed by atoms with E-state index in [2.05, 4.69) is 11.4 Å². The van der Waals surface area contributed by atoms with E-state index < -0.39 is 0 Å². The van der Waals surface area contributed by atoms with E-state index in [1.807, 2.05) is 6.92 Å². The zero-order chi connectivity index (χ0) is 15.1. The van der Waals surface area contributed by atoms with Gasteiger partial charge in [0.15, 0.2) is 0 Å². The lowest BCUT2D eigenvalue weighted by Crippen LogP contribution is -2.33. The average Bonchev–Trinajstić information content (AvgIpc) is 2.40. The van der Waals surface area contributed by atoms with Crippen LogP contribution in [0.1, 0.15) is 6.92 Å². The van der Waals surface area contributed by atoms with Gasteiger partial charge in [-0.3, -0.25) is 9.69 Å². The van der Waals surface area contributed by atoms with Crippen molar-refractivity contribution in [1.29, 1.82) is 5.26 Å². The Bertz CT molecular complexity index is 510. The van der Waals surface area contributed by atoms with Gasteiger partial charge in [0, 0.05) is 12.6 Å². The summed E-state index contributed by atoms with van der Waals surface area (Å²) in [6.07, 6.45) is 0. The molecule has 0 fully saturated rings. The maximum atomic E-state index is 11.9. The first-order valence-electron chi connectivity index (χ1n) is 6.27. The van der Waals surface area contributed by atoms with Gasteiger partial charge in [-0.25, -0.2) is 0 Å². The highest BCUT2D eigenvalue weighted by Gasteiger charge is 2.11. The molecule has 0 spiro atoms. The predicted molar refractivity (Wildman–Crippen MR) is 78.3 cm³/mol. The molecule has 0 radical (unpaired) electrons. The van der Waals surface area contributed by atoms with E-state index in [1.54, 1.807) is 37.3 Å². The van der Waals surface area contributed by atoms with Gasteiger partial charge < -0.3 is 15.8 Å². The Balaban J connectivity index is 2.56. The van der Waals surface area contributed by atoms with Gasteiger partial charge in [0.05, 0.1) is 37.0 Å². The summed E-state index contributed by atoms with van der Waals surface area (Å²) < 4.78 is 5.04. The topological polar surface area (TPSA) is 91.4 Å². The third kappa shape index (κ3) is 4.78. The first kappa shape index (κ1) is 15.8. The van der Waals surface area contributed by atoms with Gasteiger partial charge in [0.1, 0.15) is 5.75 Å². The Morgan fingerprint density at radius 1 is 1.60 bits per heavy atom. The molecule has 20 heavy (non-hydrogen) atoms. The number of carbonyl (C=O) groups excluding carboxylic acids is 1. The molecule has 0 aliphatic rings. The summed E-state index contributed by atoms with van der Waals surface area (Å²) >= 11 is 0. The minimum absolute atomic E-state index is 0.112. The third-order valence-corrected chi connectivity index (χ3v) is 2.75. The molecule has 108 valence electrons. The molecule has 3 N–H and O–H groups in total. The van der Waals surface area contributed by atoms with Crippen molar-refractivity contribution < 1.29 is 9.53 Å². The van der Waals surface area contributed by atoms with E-state index >= 15 is 0 Å². The molecule has 6 heteroatoms. The molecule has 1 unspecified atom stereocenters. The maximum Gasteiger partial charge on any atom is 0.238 e. The second kappa shape index (κ2) is 7.36. The van der Waals surface area contributed by atoms with Crippen LogP contribution in [-0.4, -0.2) is 38.1 Å². The lowest BCUT2D eigenvalue weighted by Gasteiger charge is -2.17. The molecule has 1 aromatic rings. The quantitative estimate of drug-likeness (QED) is 0.764. The Morgan fingerprint density at radius 2 is 2.30 bits per heavy atom. The normalized spacial score (nSPS) is 11.8. The number of nitrogens with two attached hydrogens (primary N) is 1. The van der Waals surface area contributed by atoms with Gasteiger partial charge in [-0.1, -0.05) is 0 Å². The molecule has 0 saturated carbocycles. The summed E-state index contributed by atoms with van der Waals surface area (Å²) in [5, 5.41) is 11.5. The summed E-state index contributed by atoms with van der Waals surface area (Å²) in [6, 6.07) is 7.21. The molecule has 0 heterocycles. The highest BCUT2D eigenvalue weighted by Crippen LogP contribution is 2.23. The fourth-order valence-corrected chi connectivity index (χ4v) is 1.79. The van der Waals surface area contributed by atoms with Crippen molar-refractivity contribution in [3.05, 3.63) is 18.2 Å². The van der Waals surface area contributed by atoms with Crippen molar-refractivity contribution >= 4 is 17.3 Å². The third-order valence-electron chi connectivity index (χ3n) is 2.75. The molecule has 6 nitrogen and oxygen atoms in total. The second-order valence-electron chi connectivity index (χ2n) is 4.73. The van der Waals surface area contributed by atoms with E-state index in [-0.39, 0.29) is 18.4 Å². The molecule has 0 saturated heterocycles. The van der Waals surface area contributed by atoms with Crippen LogP contribution in [0.25, 0.3) is 0 Å². The van der Waals surface area contributed by atoms with Gasteiger partial charge in [-0.2, -0.15) is 5.26 Å². The number of rotatable bonds is 6. The Morgan fingerprint density at radius 3 is 2.85 bits per heavy atom. The molecule has 0 bridgehead atoms. The fraction of sp³-hybridized carbons (Fsp3) is 0.429. The van der Waals surface area contributed by atoms with Crippen LogP contribution in [0, 0.1) is 17.2 Å². The lowest BCUT2D eigenvalue weighted by atomic mass is 10.2. The predicted octanol–water partition coefficient (Wildman–Crippen LogP) is 1.31. The van der Waals surface area contributed by atoms with E-state index in [9.17, 15) is 4.79 Å². The number of anilines is 2. The van der Waals surface area contributed by atoms with Gasteiger partial charge >= 0.3 is 0 Å². The number of nitrogen functional groups attached to an aromatic ring is 1. The number of hydrogen-bond donors (Lipinski definition) is 2. The molecular formula is C14H20N4O2. The number of nitrogens with one attached hydrogen (secondary N) is 1. The Kier molecular flexibility index (Phi) is 5.81. The first-order chi connectivity index (χ1) is 9.46. The van der Waals surface area contributed by atoms with Gasteiger partial charge in [-0.15, -0.1) is 0 Å². The van der Waals surface area contributed by atoms with E-state index in [0.717, 1.165) is 0 Å². The summed E-state index contributed by atoms with van der Waals surface area (Å²) in [4.78, 5) is 13.7. The molecule has 1 rings (SSSR count). The monoisotopic (exact) mass is 276 g/mol. The minimum atomic E-state index is -0.172.